The zero-order chi connectivity index (χ0) is 21.6. The topological polar surface area (TPSA) is 66.3 Å². The smallest absolute Gasteiger partial charge is 0.282 e. The van der Waals surface area contributed by atoms with Crippen LogP contribution in [0, 0.1) is 0 Å². The van der Waals surface area contributed by atoms with Gasteiger partial charge in [-0.05, 0) is 48.7 Å². The molecule has 4 rings (SSSR count). The number of rotatable bonds is 6. The van der Waals surface area contributed by atoms with Crippen LogP contribution in [0.3, 0.4) is 0 Å². The number of nitrogens with one attached hydrogen (secondary N) is 2. The van der Waals surface area contributed by atoms with E-state index in [4.69, 9.17) is 4.74 Å². The van der Waals surface area contributed by atoms with Gasteiger partial charge in [-0.2, -0.15) is 0 Å². The van der Waals surface area contributed by atoms with E-state index in [2.05, 4.69) is 16.3 Å². The molecule has 7 heteroatoms. The lowest BCUT2D eigenvalue weighted by Crippen LogP contribution is -3.11. The summed E-state index contributed by atoms with van der Waals surface area (Å²) in [5.41, 5.74) is 4.14. The highest BCUT2D eigenvalue weighted by Crippen LogP contribution is 2.26. The first-order valence-electron chi connectivity index (χ1n) is 11.0. The van der Waals surface area contributed by atoms with Crippen LogP contribution in [0.4, 0.5) is 17.1 Å². The molecule has 2 heterocycles. The van der Waals surface area contributed by atoms with Gasteiger partial charge in [-0.25, -0.2) is 0 Å². The van der Waals surface area contributed by atoms with Gasteiger partial charge in [-0.1, -0.05) is 18.2 Å². The number of morpholine rings is 1. The molecule has 1 unspecified atom stereocenters. The Labute approximate surface area is 183 Å². The summed E-state index contributed by atoms with van der Waals surface area (Å²) in [6, 6.07) is 16.0. The Kier molecular flexibility index (Phi) is 6.84. The van der Waals surface area contributed by atoms with Gasteiger partial charge in [0.1, 0.15) is 0 Å². The van der Waals surface area contributed by atoms with E-state index in [-0.39, 0.29) is 24.9 Å². The molecule has 2 aliphatic heterocycles. The number of aryl methyl sites for hydroxylation is 1. The number of carbonyl (C=O) groups is 2. The molecule has 2 aromatic rings. The molecule has 164 valence electrons. The summed E-state index contributed by atoms with van der Waals surface area (Å²) < 4.78 is 5.39. The van der Waals surface area contributed by atoms with Crippen molar-refractivity contribution in [3.63, 3.8) is 0 Å². The maximum atomic E-state index is 12.9. The monoisotopic (exact) mass is 423 g/mol. The Bertz CT molecular complexity index is 909. The van der Waals surface area contributed by atoms with Crippen molar-refractivity contribution in [2.24, 2.45) is 0 Å². The third-order valence-corrected chi connectivity index (χ3v) is 5.85. The fraction of sp³-hybridized carbons (Fsp3) is 0.417. The van der Waals surface area contributed by atoms with Crippen LogP contribution in [0.1, 0.15) is 12.0 Å². The highest BCUT2D eigenvalue weighted by molar-refractivity contribution is 5.95. The molecule has 2 aromatic carbocycles. The number of nitrogens with zero attached hydrogens (tertiary/aromatic N) is 2. The van der Waals surface area contributed by atoms with Crippen LogP contribution in [0.25, 0.3) is 0 Å². The molecule has 0 aliphatic carbocycles. The maximum absolute atomic E-state index is 12.9. The van der Waals surface area contributed by atoms with Crippen molar-refractivity contribution in [2.75, 3.05) is 68.1 Å². The fourth-order valence-corrected chi connectivity index (χ4v) is 4.27. The Hall–Kier alpha value is -2.90. The third kappa shape index (κ3) is 5.42. The van der Waals surface area contributed by atoms with Gasteiger partial charge in [-0.15, -0.1) is 0 Å². The summed E-state index contributed by atoms with van der Waals surface area (Å²) in [7, 11) is 1.88. The van der Waals surface area contributed by atoms with E-state index < -0.39 is 0 Å². The normalized spacial score (nSPS) is 17.1. The van der Waals surface area contributed by atoms with E-state index in [0.717, 1.165) is 67.7 Å². The Balaban J connectivity index is 1.27. The summed E-state index contributed by atoms with van der Waals surface area (Å²) in [5, 5.41) is 2.94. The van der Waals surface area contributed by atoms with Gasteiger partial charge in [-0.3, -0.25) is 9.59 Å². The predicted octanol–water partition coefficient (Wildman–Crippen LogP) is 0.956. The van der Waals surface area contributed by atoms with Crippen molar-refractivity contribution >= 4 is 28.9 Å². The Morgan fingerprint density at radius 3 is 2.52 bits per heavy atom. The minimum Gasteiger partial charge on any atom is -0.378 e. The lowest BCUT2D eigenvalue weighted by atomic mass is 10.0. The number of fused-ring (bicyclic) bond motifs is 1. The van der Waals surface area contributed by atoms with Crippen LogP contribution in [0.5, 0.6) is 0 Å². The lowest BCUT2D eigenvalue weighted by molar-refractivity contribution is -0.862. The number of anilines is 3. The molecule has 0 saturated carbocycles. The summed E-state index contributed by atoms with van der Waals surface area (Å²) >= 11 is 0. The zero-order valence-corrected chi connectivity index (χ0v) is 18.1. The van der Waals surface area contributed by atoms with Gasteiger partial charge in [0.25, 0.3) is 11.8 Å². The van der Waals surface area contributed by atoms with Crippen molar-refractivity contribution in [3.8, 4) is 0 Å². The third-order valence-electron chi connectivity index (χ3n) is 5.85. The molecule has 31 heavy (non-hydrogen) atoms. The van der Waals surface area contributed by atoms with Crippen LogP contribution in [-0.2, 0) is 20.7 Å². The second-order valence-electron chi connectivity index (χ2n) is 8.28. The van der Waals surface area contributed by atoms with Crippen molar-refractivity contribution in [1.29, 1.82) is 0 Å². The standard InChI is InChI=1S/C24H30N4O3/c1-26(18-24(30)28-12-4-6-19-5-2-3-7-22(19)28)17-23(29)25-20-8-10-21(11-9-20)27-13-15-31-16-14-27/h2-3,5,7-11H,4,6,12-18H2,1H3,(H,25,29)/p+1. The minimum atomic E-state index is -0.0940. The van der Waals surface area contributed by atoms with Gasteiger partial charge < -0.3 is 24.8 Å². The van der Waals surface area contributed by atoms with Crippen LogP contribution < -0.4 is 20.0 Å². The summed E-state index contributed by atoms with van der Waals surface area (Å²) in [6.45, 7) is 4.53. The molecule has 7 nitrogen and oxygen atoms in total. The van der Waals surface area contributed by atoms with Crippen molar-refractivity contribution in [3.05, 3.63) is 54.1 Å². The lowest BCUT2D eigenvalue weighted by Gasteiger charge is -2.30. The van der Waals surface area contributed by atoms with E-state index in [1.165, 1.54) is 5.56 Å². The molecule has 0 bridgehead atoms. The summed E-state index contributed by atoms with van der Waals surface area (Å²) in [4.78, 5) is 30.4. The first-order valence-corrected chi connectivity index (χ1v) is 11.0. The maximum Gasteiger partial charge on any atom is 0.282 e. The first kappa shape index (κ1) is 21.3. The van der Waals surface area contributed by atoms with Gasteiger partial charge in [0.2, 0.25) is 0 Å². The van der Waals surface area contributed by atoms with E-state index in [0.29, 0.717) is 0 Å². The van der Waals surface area contributed by atoms with E-state index in [9.17, 15) is 9.59 Å². The minimum absolute atomic E-state index is 0.0623. The Morgan fingerprint density at radius 2 is 1.74 bits per heavy atom. The number of para-hydroxylation sites is 1. The Morgan fingerprint density at radius 1 is 1.00 bits per heavy atom. The highest BCUT2D eigenvalue weighted by atomic mass is 16.5. The number of ether oxygens (including phenoxy) is 1. The van der Waals surface area contributed by atoms with Crippen molar-refractivity contribution < 1.29 is 19.2 Å². The number of amides is 2. The molecule has 0 radical (unpaired) electrons. The van der Waals surface area contributed by atoms with Crippen LogP contribution in [0.15, 0.2) is 48.5 Å². The predicted molar refractivity (Wildman–Crippen MR) is 122 cm³/mol. The SMILES string of the molecule is C[NH+](CC(=O)Nc1ccc(N2CCOCC2)cc1)CC(=O)N1CCCc2ccccc21. The number of carbonyl (C=O) groups excluding carboxylic acids is 2. The molecule has 1 atom stereocenters. The molecule has 2 amide bonds. The van der Waals surface area contributed by atoms with Crippen molar-refractivity contribution in [2.45, 2.75) is 12.8 Å². The average Bonchev–Trinajstić information content (AvgIpc) is 2.79. The molecule has 2 aliphatic rings. The highest BCUT2D eigenvalue weighted by Gasteiger charge is 2.25. The molecule has 1 fully saturated rings. The van der Waals surface area contributed by atoms with Crippen LogP contribution in [-0.4, -0.2) is 64.8 Å². The zero-order valence-electron chi connectivity index (χ0n) is 18.1. The second-order valence-corrected chi connectivity index (χ2v) is 8.28. The number of hydrogen-bond donors (Lipinski definition) is 2. The van der Waals surface area contributed by atoms with Gasteiger partial charge in [0.15, 0.2) is 13.1 Å². The molecule has 2 N–H and O–H groups in total. The number of hydrogen-bond acceptors (Lipinski definition) is 4. The number of likely N-dealkylation sites (N-methyl/N-ethyl adjacent to an activating group) is 1. The van der Waals surface area contributed by atoms with Gasteiger partial charge >= 0.3 is 0 Å². The molecule has 1 saturated heterocycles. The van der Waals surface area contributed by atoms with E-state index >= 15 is 0 Å². The number of benzene rings is 2. The molecular formula is C24H31N4O3+. The molecule has 0 spiro atoms. The summed E-state index contributed by atoms with van der Waals surface area (Å²) in [5.74, 6) is -0.0317. The second kappa shape index (κ2) is 9.94. The van der Waals surface area contributed by atoms with Gasteiger partial charge in [0.05, 0.1) is 20.3 Å². The van der Waals surface area contributed by atoms with Crippen molar-refractivity contribution in [1.82, 2.24) is 0 Å². The van der Waals surface area contributed by atoms with E-state index in [1.807, 2.05) is 54.4 Å². The van der Waals surface area contributed by atoms with Crippen LogP contribution in [0.2, 0.25) is 0 Å². The summed E-state index contributed by atoms with van der Waals surface area (Å²) in [6.07, 6.45) is 1.98. The fourth-order valence-electron chi connectivity index (χ4n) is 4.27. The van der Waals surface area contributed by atoms with E-state index in [1.54, 1.807) is 0 Å². The average molecular weight is 424 g/mol. The molecular weight excluding hydrogens is 392 g/mol. The molecule has 0 aromatic heterocycles. The first-order chi connectivity index (χ1) is 15.1. The van der Waals surface area contributed by atoms with Gasteiger partial charge in [0, 0.05) is 36.7 Å². The quantitative estimate of drug-likeness (QED) is 0.726. The number of quaternary nitrogens is 1. The largest absolute Gasteiger partial charge is 0.378 e. The van der Waals surface area contributed by atoms with Crippen LogP contribution >= 0.6 is 0 Å².